The number of rotatable bonds is 1. The maximum Gasteiger partial charge on any atom is 0.0992 e. The summed E-state index contributed by atoms with van der Waals surface area (Å²) < 4.78 is 5.27. The van der Waals surface area contributed by atoms with Crippen molar-refractivity contribution < 1.29 is 4.74 Å². The zero-order chi connectivity index (χ0) is 6.69. The maximum absolute atomic E-state index is 5.27. The molecule has 0 amide bonds. The highest BCUT2D eigenvalue weighted by Gasteiger charge is 2.11. The highest BCUT2D eigenvalue weighted by atomic mass is 16.5. The molecule has 0 spiro atoms. The maximum atomic E-state index is 5.27. The van der Waals surface area contributed by atoms with Crippen LogP contribution in [0.25, 0.3) is 0 Å². The third-order valence-electron chi connectivity index (χ3n) is 1.72. The van der Waals surface area contributed by atoms with Crippen LogP contribution in [0.1, 0.15) is 20.3 Å². The van der Waals surface area contributed by atoms with Crippen molar-refractivity contribution in [3.63, 3.8) is 0 Å². The van der Waals surface area contributed by atoms with Crippen LogP contribution in [0.3, 0.4) is 0 Å². The Kier molecular flexibility index (Phi) is 2.49. The average Bonchev–Trinajstić information content (AvgIpc) is 1.90. The lowest BCUT2D eigenvalue weighted by Gasteiger charge is -2.29. The Balaban J connectivity index is 2.23. The molecule has 0 radical (unpaired) electrons. The lowest BCUT2D eigenvalue weighted by molar-refractivity contribution is -0.0285. The highest BCUT2D eigenvalue weighted by Crippen LogP contribution is 2.04. The van der Waals surface area contributed by atoms with Crippen molar-refractivity contribution in [2.45, 2.75) is 26.3 Å². The molecule has 1 heterocycles. The van der Waals surface area contributed by atoms with Crippen LogP contribution in [0.2, 0.25) is 0 Å². The summed E-state index contributed by atoms with van der Waals surface area (Å²) >= 11 is 0. The van der Waals surface area contributed by atoms with E-state index < -0.39 is 0 Å². The molecule has 1 aliphatic rings. The zero-order valence-electron chi connectivity index (χ0n) is 6.26. The summed E-state index contributed by atoms with van der Waals surface area (Å²) in [6.07, 6.45) is 1.19. The Bertz CT molecular complexity index is 77.0. The van der Waals surface area contributed by atoms with Gasteiger partial charge < -0.3 is 4.74 Å². The molecule has 1 rings (SSSR count). The second-order valence-corrected chi connectivity index (χ2v) is 2.80. The first kappa shape index (κ1) is 7.03. The van der Waals surface area contributed by atoms with Crippen LogP contribution < -0.4 is 0 Å². The van der Waals surface area contributed by atoms with E-state index in [1.807, 2.05) is 0 Å². The van der Waals surface area contributed by atoms with Gasteiger partial charge in [0.25, 0.3) is 0 Å². The van der Waals surface area contributed by atoms with E-state index in [-0.39, 0.29) is 0 Å². The van der Waals surface area contributed by atoms with E-state index in [0.29, 0.717) is 6.04 Å². The molecule has 0 aromatic rings. The third kappa shape index (κ3) is 1.95. The van der Waals surface area contributed by atoms with E-state index >= 15 is 0 Å². The van der Waals surface area contributed by atoms with Gasteiger partial charge in [-0.05, 0) is 20.3 Å². The van der Waals surface area contributed by atoms with Gasteiger partial charge in [-0.3, -0.25) is 4.90 Å². The molecule has 1 fully saturated rings. The van der Waals surface area contributed by atoms with Gasteiger partial charge in [0.2, 0.25) is 0 Å². The van der Waals surface area contributed by atoms with E-state index in [1.54, 1.807) is 0 Å². The first-order valence-electron chi connectivity index (χ1n) is 3.62. The van der Waals surface area contributed by atoms with E-state index in [0.717, 1.165) is 13.3 Å². The van der Waals surface area contributed by atoms with Crippen LogP contribution in [0.5, 0.6) is 0 Å². The largest absolute Gasteiger partial charge is 0.366 e. The summed E-state index contributed by atoms with van der Waals surface area (Å²) in [5.41, 5.74) is 0. The van der Waals surface area contributed by atoms with E-state index in [2.05, 4.69) is 18.7 Å². The molecule has 1 saturated heterocycles. The summed E-state index contributed by atoms with van der Waals surface area (Å²) in [4.78, 5) is 2.34. The fourth-order valence-electron chi connectivity index (χ4n) is 1.02. The minimum Gasteiger partial charge on any atom is -0.366 e. The van der Waals surface area contributed by atoms with Crippen LogP contribution in [0, 0.1) is 0 Å². The molecule has 0 unspecified atom stereocenters. The first-order valence-corrected chi connectivity index (χ1v) is 3.62. The summed E-state index contributed by atoms with van der Waals surface area (Å²) in [5, 5.41) is 0. The number of hydrogen-bond acceptors (Lipinski definition) is 2. The van der Waals surface area contributed by atoms with E-state index in [9.17, 15) is 0 Å². The van der Waals surface area contributed by atoms with Crippen molar-refractivity contribution in [2.75, 3.05) is 19.9 Å². The zero-order valence-corrected chi connectivity index (χ0v) is 6.26. The molecule has 0 aromatic heterocycles. The van der Waals surface area contributed by atoms with Crippen LogP contribution in [0.15, 0.2) is 0 Å². The molecular weight excluding hydrogens is 114 g/mol. The van der Waals surface area contributed by atoms with Crippen LogP contribution >= 0.6 is 0 Å². The fourth-order valence-corrected chi connectivity index (χ4v) is 1.02. The van der Waals surface area contributed by atoms with Crippen molar-refractivity contribution in [3.8, 4) is 0 Å². The predicted molar refractivity (Wildman–Crippen MR) is 37.3 cm³/mol. The normalized spacial score (nSPS) is 23.0. The van der Waals surface area contributed by atoms with Crippen molar-refractivity contribution in [3.05, 3.63) is 0 Å². The molecule has 54 valence electrons. The minimum atomic E-state index is 0.644. The fraction of sp³-hybridized carbons (Fsp3) is 1.00. The number of hydrogen-bond donors (Lipinski definition) is 0. The topological polar surface area (TPSA) is 12.5 Å². The first-order chi connectivity index (χ1) is 4.30. The molecule has 1 aliphatic heterocycles. The van der Waals surface area contributed by atoms with Gasteiger partial charge in [0, 0.05) is 19.2 Å². The van der Waals surface area contributed by atoms with Crippen molar-refractivity contribution in [2.24, 2.45) is 0 Å². The summed E-state index contributed by atoms with van der Waals surface area (Å²) in [5.74, 6) is 0. The van der Waals surface area contributed by atoms with E-state index in [4.69, 9.17) is 4.74 Å². The van der Waals surface area contributed by atoms with Crippen LogP contribution in [-0.2, 0) is 4.74 Å². The second-order valence-electron chi connectivity index (χ2n) is 2.80. The van der Waals surface area contributed by atoms with Crippen molar-refractivity contribution >= 4 is 0 Å². The predicted octanol–water partition coefficient (Wildman–Crippen LogP) is 1.07. The van der Waals surface area contributed by atoms with Gasteiger partial charge in [0.05, 0.1) is 6.73 Å². The van der Waals surface area contributed by atoms with Crippen LogP contribution in [-0.4, -0.2) is 30.8 Å². The quantitative estimate of drug-likeness (QED) is 0.525. The van der Waals surface area contributed by atoms with Gasteiger partial charge in [-0.25, -0.2) is 0 Å². The Morgan fingerprint density at radius 1 is 1.44 bits per heavy atom. The van der Waals surface area contributed by atoms with Gasteiger partial charge in [0.15, 0.2) is 0 Å². The van der Waals surface area contributed by atoms with Gasteiger partial charge >= 0.3 is 0 Å². The molecule has 9 heavy (non-hydrogen) atoms. The van der Waals surface area contributed by atoms with Gasteiger partial charge in [-0.15, -0.1) is 0 Å². The van der Waals surface area contributed by atoms with Crippen molar-refractivity contribution in [1.82, 2.24) is 4.90 Å². The summed E-state index contributed by atoms with van der Waals surface area (Å²) in [6, 6.07) is 0.644. The standard InChI is InChI=1S/C7H15NO/c1-7(2)8-4-3-5-9-6-8/h7H,3-6H2,1-2H3. The van der Waals surface area contributed by atoms with Gasteiger partial charge in [-0.1, -0.05) is 0 Å². The SMILES string of the molecule is CC(C)N1CCCOC1. The monoisotopic (exact) mass is 129 g/mol. The Hall–Kier alpha value is -0.0800. The minimum absolute atomic E-state index is 0.644. The third-order valence-corrected chi connectivity index (χ3v) is 1.72. The number of ether oxygens (including phenoxy) is 1. The van der Waals surface area contributed by atoms with E-state index in [1.165, 1.54) is 13.0 Å². The Morgan fingerprint density at radius 2 is 2.22 bits per heavy atom. The summed E-state index contributed by atoms with van der Waals surface area (Å²) in [6.45, 7) is 7.39. The Labute approximate surface area is 56.8 Å². The Morgan fingerprint density at radius 3 is 2.56 bits per heavy atom. The lowest BCUT2D eigenvalue weighted by Crippen LogP contribution is -2.38. The van der Waals surface area contributed by atoms with Gasteiger partial charge in [-0.2, -0.15) is 0 Å². The molecular formula is C7H15NO. The average molecular weight is 129 g/mol. The molecule has 0 saturated carbocycles. The summed E-state index contributed by atoms with van der Waals surface area (Å²) in [7, 11) is 0. The second kappa shape index (κ2) is 3.18. The smallest absolute Gasteiger partial charge is 0.0992 e. The van der Waals surface area contributed by atoms with Gasteiger partial charge in [0.1, 0.15) is 0 Å². The lowest BCUT2D eigenvalue weighted by atomic mass is 10.3. The molecule has 2 heteroatoms. The molecule has 0 atom stereocenters. The highest BCUT2D eigenvalue weighted by molar-refractivity contribution is 4.61. The molecule has 0 N–H and O–H groups in total. The molecule has 0 aliphatic carbocycles. The molecule has 0 bridgehead atoms. The molecule has 0 aromatic carbocycles. The van der Waals surface area contributed by atoms with Crippen molar-refractivity contribution in [1.29, 1.82) is 0 Å². The van der Waals surface area contributed by atoms with Crippen LogP contribution in [0.4, 0.5) is 0 Å². The number of nitrogens with zero attached hydrogens (tertiary/aromatic N) is 1. The molecule has 2 nitrogen and oxygen atoms in total.